The molecular weight excluding hydrogens is 416 g/mol. The number of amides is 2. The molecule has 9 heteroatoms. The molecule has 0 aliphatic carbocycles. The molecule has 0 atom stereocenters. The zero-order chi connectivity index (χ0) is 22.5. The molecule has 0 radical (unpaired) electrons. The summed E-state index contributed by atoms with van der Waals surface area (Å²) in [6, 6.07) is 12.7. The molecule has 0 fully saturated rings. The van der Waals surface area contributed by atoms with Crippen molar-refractivity contribution in [2.45, 2.75) is 0 Å². The van der Waals surface area contributed by atoms with E-state index in [0.29, 0.717) is 22.0 Å². The number of carbonyl (C=O) groups is 2. The van der Waals surface area contributed by atoms with E-state index in [2.05, 4.69) is 10.3 Å². The van der Waals surface area contributed by atoms with Gasteiger partial charge in [0.15, 0.2) is 16.6 Å². The van der Waals surface area contributed by atoms with Gasteiger partial charge in [0.2, 0.25) is 0 Å². The maximum Gasteiger partial charge on any atom is 0.268 e. The topological polar surface area (TPSA) is 127 Å². The molecule has 3 rings (SSSR count). The molecule has 1 heterocycles. The highest BCUT2D eigenvalue weighted by atomic mass is 32.1. The van der Waals surface area contributed by atoms with E-state index in [9.17, 15) is 25.1 Å². The molecule has 0 spiro atoms. The van der Waals surface area contributed by atoms with Crippen molar-refractivity contribution >= 4 is 34.4 Å². The molecule has 0 saturated heterocycles. The minimum Gasteiger partial charge on any atom is -0.504 e. The van der Waals surface area contributed by atoms with Crippen LogP contribution in [0.15, 0.2) is 53.4 Å². The predicted molar refractivity (Wildman–Crippen MR) is 118 cm³/mol. The van der Waals surface area contributed by atoms with Gasteiger partial charge in [-0.25, -0.2) is 4.98 Å². The summed E-state index contributed by atoms with van der Waals surface area (Å²) in [4.78, 5) is 30.3. The minimum atomic E-state index is -0.650. The number of nitrogens with zero attached hydrogens (tertiary/aromatic N) is 3. The first-order valence-electron chi connectivity index (χ1n) is 9.01. The number of aromatic hydroxyl groups is 2. The quantitative estimate of drug-likeness (QED) is 0.321. The van der Waals surface area contributed by atoms with E-state index in [0.717, 1.165) is 5.56 Å². The lowest BCUT2D eigenvalue weighted by Crippen LogP contribution is -2.21. The second-order valence-electron chi connectivity index (χ2n) is 6.69. The van der Waals surface area contributed by atoms with Crippen molar-refractivity contribution in [3.63, 3.8) is 0 Å². The third-order valence-electron chi connectivity index (χ3n) is 4.23. The van der Waals surface area contributed by atoms with Gasteiger partial charge in [-0.3, -0.25) is 14.9 Å². The highest BCUT2D eigenvalue weighted by molar-refractivity contribution is 7.14. The Labute approximate surface area is 182 Å². The lowest BCUT2D eigenvalue weighted by atomic mass is 10.1. The predicted octanol–water partition coefficient (Wildman–Crippen LogP) is 3.47. The van der Waals surface area contributed by atoms with Gasteiger partial charge >= 0.3 is 0 Å². The molecule has 0 unspecified atom stereocenters. The highest BCUT2D eigenvalue weighted by Gasteiger charge is 2.14. The van der Waals surface area contributed by atoms with Crippen molar-refractivity contribution in [2.75, 3.05) is 19.4 Å². The number of benzene rings is 2. The molecule has 0 saturated carbocycles. The number of aromatic nitrogens is 1. The average molecular weight is 434 g/mol. The Bertz CT molecular complexity index is 1210. The molecule has 8 nitrogen and oxygen atoms in total. The van der Waals surface area contributed by atoms with Gasteiger partial charge in [0.25, 0.3) is 11.8 Å². The van der Waals surface area contributed by atoms with Gasteiger partial charge in [-0.1, -0.05) is 18.2 Å². The van der Waals surface area contributed by atoms with Crippen LogP contribution in [0.3, 0.4) is 0 Å². The summed E-state index contributed by atoms with van der Waals surface area (Å²) >= 11 is 1.20. The lowest BCUT2D eigenvalue weighted by molar-refractivity contribution is -0.112. The van der Waals surface area contributed by atoms with Crippen molar-refractivity contribution in [3.8, 4) is 28.8 Å². The van der Waals surface area contributed by atoms with Crippen molar-refractivity contribution in [1.29, 1.82) is 5.26 Å². The van der Waals surface area contributed by atoms with Crippen LogP contribution in [0, 0.1) is 11.3 Å². The summed E-state index contributed by atoms with van der Waals surface area (Å²) in [7, 11) is 3.36. The van der Waals surface area contributed by atoms with E-state index in [-0.39, 0.29) is 23.0 Å². The zero-order valence-corrected chi connectivity index (χ0v) is 17.5. The highest BCUT2D eigenvalue weighted by Crippen LogP contribution is 2.27. The van der Waals surface area contributed by atoms with Crippen molar-refractivity contribution < 1.29 is 19.8 Å². The third kappa shape index (κ3) is 5.07. The van der Waals surface area contributed by atoms with Gasteiger partial charge in [0.05, 0.1) is 5.69 Å². The normalized spacial score (nSPS) is 10.9. The summed E-state index contributed by atoms with van der Waals surface area (Å²) < 4.78 is 0. The lowest BCUT2D eigenvalue weighted by Gasteiger charge is -2.10. The Balaban J connectivity index is 1.74. The van der Waals surface area contributed by atoms with Crippen LogP contribution >= 0.6 is 11.3 Å². The van der Waals surface area contributed by atoms with Crippen LogP contribution in [0.1, 0.15) is 15.9 Å². The fourth-order valence-electron chi connectivity index (χ4n) is 2.62. The van der Waals surface area contributed by atoms with Crippen molar-refractivity contribution in [2.24, 2.45) is 0 Å². The molecule has 156 valence electrons. The van der Waals surface area contributed by atoms with Gasteiger partial charge in [-0.2, -0.15) is 5.26 Å². The molecule has 0 aliphatic rings. The first-order valence-corrected chi connectivity index (χ1v) is 9.89. The maximum absolute atomic E-state index is 12.4. The molecule has 2 amide bonds. The Morgan fingerprint density at radius 3 is 2.45 bits per heavy atom. The van der Waals surface area contributed by atoms with Gasteiger partial charge in [-0.05, 0) is 35.9 Å². The second-order valence-corrected chi connectivity index (χ2v) is 7.55. The standard InChI is InChI=1S/C22H18N4O4S/c1-26(2)21(30)15-6-4-14(5-7-15)17-12-31-22(24-17)25-20(29)16(11-23)9-13-3-8-18(27)19(28)10-13/h3-10,12,27-28H,1-2H3,(H,24,25,29). The summed E-state index contributed by atoms with van der Waals surface area (Å²) in [5.41, 5.74) is 2.15. The molecular formula is C22H18N4O4S. The van der Waals surface area contributed by atoms with Crippen LogP contribution < -0.4 is 5.32 Å². The van der Waals surface area contributed by atoms with E-state index in [4.69, 9.17) is 0 Å². The maximum atomic E-state index is 12.4. The minimum absolute atomic E-state index is 0.101. The van der Waals surface area contributed by atoms with E-state index in [1.54, 1.807) is 43.7 Å². The molecule has 3 aromatic rings. The number of anilines is 1. The molecule has 3 N–H and O–H groups in total. The van der Waals surface area contributed by atoms with Gasteiger partial charge in [0.1, 0.15) is 11.6 Å². The van der Waals surface area contributed by atoms with Crippen molar-refractivity contribution in [3.05, 3.63) is 64.5 Å². The fourth-order valence-corrected chi connectivity index (χ4v) is 3.33. The Kier molecular flexibility index (Phi) is 6.33. The number of phenolic OH excluding ortho intramolecular Hbond substituents is 2. The third-order valence-corrected chi connectivity index (χ3v) is 4.99. The number of hydrogen-bond acceptors (Lipinski definition) is 7. The largest absolute Gasteiger partial charge is 0.504 e. The summed E-state index contributed by atoms with van der Waals surface area (Å²) in [6.07, 6.45) is 1.30. The number of hydrogen-bond donors (Lipinski definition) is 3. The van der Waals surface area contributed by atoms with Gasteiger partial charge in [-0.15, -0.1) is 11.3 Å². The van der Waals surface area contributed by atoms with E-state index < -0.39 is 5.91 Å². The number of carbonyl (C=O) groups excluding carboxylic acids is 2. The summed E-state index contributed by atoms with van der Waals surface area (Å²) in [5, 5.41) is 32.9. The molecule has 0 bridgehead atoms. The van der Waals surface area contributed by atoms with Crippen LogP contribution in [-0.4, -0.2) is 46.0 Å². The number of phenols is 2. The van der Waals surface area contributed by atoms with Gasteiger partial charge in [0, 0.05) is 30.6 Å². The number of rotatable bonds is 5. The van der Waals surface area contributed by atoms with E-state index in [1.165, 1.54) is 40.5 Å². The summed E-state index contributed by atoms with van der Waals surface area (Å²) in [5.74, 6) is -1.40. The Morgan fingerprint density at radius 1 is 1.13 bits per heavy atom. The number of nitriles is 1. The molecule has 0 aliphatic heterocycles. The SMILES string of the molecule is CN(C)C(=O)c1ccc(-c2csc(NC(=O)C(C#N)=Cc3ccc(O)c(O)c3)n2)cc1. The number of nitrogens with one attached hydrogen (secondary N) is 1. The average Bonchev–Trinajstić information content (AvgIpc) is 3.22. The van der Waals surface area contributed by atoms with Crippen molar-refractivity contribution in [1.82, 2.24) is 9.88 Å². The van der Waals surface area contributed by atoms with Crippen LogP contribution in [0.2, 0.25) is 0 Å². The first kappa shape index (κ1) is 21.5. The van der Waals surface area contributed by atoms with Gasteiger partial charge < -0.3 is 15.1 Å². The Morgan fingerprint density at radius 2 is 1.84 bits per heavy atom. The van der Waals surface area contributed by atoms with Crippen LogP contribution in [0.5, 0.6) is 11.5 Å². The van der Waals surface area contributed by atoms with Crippen LogP contribution in [-0.2, 0) is 4.79 Å². The second kappa shape index (κ2) is 9.11. The Hall–Kier alpha value is -4.16. The monoisotopic (exact) mass is 434 g/mol. The smallest absolute Gasteiger partial charge is 0.268 e. The number of thiazole rings is 1. The summed E-state index contributed by atoms with van der Waals surface area (Å²) in [6.45, 7) is 0. The van der Waals surface area contributed by atoms with E-state index in [1.807, 2.05) is 6.07 Å². The fraction of sp³-hybridized carbons (Fsp3) is 0.0909. The zero-order valence-electron chi connectivity index (χ0n) is 16.7. The van der Waals surface area contributed by atoms with E-state index >= 15 is 0 Å². The molecule has 31 heavy (non-hydrogen) atoms. The van der Waals surface area contributed by atoms with Crippen LogP contribution in [0.25, 0.3) is 17.3 Å². The molecule has 1 aromatic heterocycles. The van der Waals surface area contributed by atoms with Crippen LogP contribution in [0.4, 0.5) is 5.13 Å². The molecule has 2 aromatic carbocycles. The first-order chi connectivity index (χ1) is 14.8.